The third-order valence-electron chi connectivity index (χ3n) is 5.09. The fraction of sp³-hybridized carbons (Fsp3) is 0.120. The average molecular weight is 429 g/mol. The first kappa shape index (κ1) is 20.4. The summed E-state index contributed by atoms with van der Waals surface area (Å²) in [6.07, 6.45) is 2.04. The van der Waals surface area contributed by atoms with Gasteiger partial charge in [-0.2, -0.15) is 0 Å². The Labute approximate surface area is 176 Å². The largest absolute Gasteiger partial charge is 0.206 e. The van der Waals surface area contributed by atoms with Crippen molar-refractivity contribution in [3.05, 3.63) is 94.5 Å². The summed E-state index contributed by atoms with van der Waals surface area (Å²) in [5.74, 6) is -3.98. The fourth-order valence-electron chi connectivity index (χ4n) is 3.63. The van der Waals surface area contributed by atoms with Crippen LogP contribution in [0, 0.1) is 23.3 Å². The Morgan fingerprint density at radius 2 is 1.20 bits per heavy atom. The highest BCUT2D eigenvalue weighted by molar-refractivity contribution is 6.31. The maximum absolute atomic E-state index is 14.8. The highest BCUT2D eigenvalue weighted by atomic mass is 35.5. The maximum atomic E-state index is 14.8. The smallest absolute Gasteiger partial charge is 0.145 e. The molecule has 5 heteroatoms. The van der Waals surface area contributed by atoms with E-state index in [4.69, 9.17) is 11.6 Å². The van der Waals surface area contributed by atoms with Crippen LogP contribution in [-0.4, -0.2) is 0 Å². The molecule has 0 radical (unpaired) electrons. The second-order valence-electron chi connectivity index (χ2n) is 7.22. The summed E-state index contributed by atoms with van der Waals surface area (Å²) in [4.78, 5) is 0. The number of halogens is 5. The van der Waals surface area contributed by atoms with Gasteiger partial charge in [-0.05, 0) is 69.8 Å². The Morgan fingerprint density at radius 3 is 1.83 bits per heavy atom. The van der Waals surface area contributed by atoms with Crippen molar-refractivity contribution in [2.45, 2.75) is 19.8 Å². The van der Waals surface area contributed by atoms with Gasteiger partial charge < -0.3 is 0 Å². The molecule has 0 aromatic heterocycles. The van der Waals surface area contributed by atoms with Crippen LogP contribution in [-0.2, 0) is 6.42 Å². The quantitative estimate of drug-likeness (QED) is 0.226. The minimum absolute atomic E-state index is 0.252. The van der Waals surface area contributed by atoms with E-state index in [1.54, 1.807) is 6.07 Å². The molecule has 0 aliphatic heterocycles. The topological polar surface area (TPSA) is 0 Å². The lowest BCUT2D eigenvalue weighted by atomic mass is 9.96. The second kappa shape index (κ2) is 8.11. The van der Waals surface area contributed by atoms with Gasteiger partial charge in [0.05, 0.1) is 5.56 Å². The van der Waals surface area contributed by atoms with Crippen molar-refractivity contribution in [2.75, 3.05) is 0 Å². The van der Waals surface area contributed by atoms with E-state index in [9.17, 15) is 17.6 Å². The van der Waals surface area contributed by atoms with Crippen molar-refractivity contribution >= 4 is 22.4 Å². The first-order chi connectivity index (χ1) is 14.4. The third kappa shape index (κ3) is 3.80. The highest BCUT2D eigenvalue weighted by Crippen LogP contribution is 2.34. The molecule has 0 atom stereocenters. The second-order valence-corrected chi connectivity index (χ2v) is 7.59. The van der Waals surface area contributed by atoms with Gasteiger partial charge in [0.15, 0.2) is 0 Å². The molecule has 0 aliphatic rings. The van der Waals surface area contributed by atoms with Gasteiger partial charge in [-0.3, -0.25) is 0 Å². The van der Waals surface area contributed by atoms with Crippen LogP contribution in [0.4, 0.5) is 17.6 Å². The Hall–Kier alpha value is -2.85. The zero-order chi connectivity index (χ0) is 21.4. The monoisotopic (exact) mass is 428 g/mol. The van der Waals surface area contributed by atoms with Gasteiger partial charge in [-0.15, -0.1) is 0 Å². The van der Waals surface area contributed by atoms with E-state index in [1.165, 1.54) is 5.56 Å². The molecule has 0 bridgehead atoms. The number of benzene rings is 4. The van der Waals surface area contributed by atoms with Crippen LogP contribution in [0.15, 0.2) is 60.7 Å². The van der Waals surface area contributed by atoms with Crippen LogP contribution in [0.3, 0.4) is 0 Å². The van der Waals surface area contributed by atoms with Crippen molar-refractivity contribution in [1.29, 1.82) is 0 Å². The van der Waals surface area contributed by atoms with Crippen LogP contribution >= 0.6 is 11.6 Å². The number of aryl methyl sites for hydroxylation is 1. The van der Waals surface area contributed by atoms with Crippen molar-refractivity contribution in [1.82, 2.24) is 0 Å². The predicted molar refractivity (Wildman–Crippen MR) is 114 cm³/mol. The van der Waals surface area contributed by atoms with Gasteiger partial charge in [0, 0.05) is 0 Å². The van der Waals surface area contributed by atoms with Crippen LogP contribution < -0.4 is 0 Å². The SMILES string of the molecule is CCCc1ccc2cc(-c3cc(F)c(-c4cc(F)c(Cl)c(F)c4)c(F)c3)ccc2c1. The van der Waals surface area contributed by atoms with Gasteiger partial charge in [0.1, 0.15) is 28.3 Å². The van der Waals surface area contributed by atoms with Crippen molar-refractivity contribution in [2.24, 2.45) is 0 Å². The Morgan fingerprint density at radius 1 is 0.633 bits per heavy atom. The molecule has 0 heterocycles. The lowest BCUT2D eigenvalue weighted by Gasteiger charge is -2.11. The van der Waals surface area contributed by atoms with Gasteiger partial charge in [-0.25, -0.2) is 17.6 Å². The predicted octanol–water partition coefficient (Wildman–Crippen LogP) is 8.34. The molecule has 0 fully saturated rings. The van der Waals surface area contributed by atoms with Crippen molar-refractivity contribution in [3.63, 3.8) is 0 Å². The van der Waals surface area contributed by atoms with Gasteiger partial charge in [0.2, 0.25) is 0 Å². The minimum Gasteiger partial charge on any atom is -0.206 e. The van der Waals surface area contributed by atoms with Gasteiger partial charge in [0.25, 0.3) is 0 Å². The summed E-state index contributed by atoms with van der Waals surface area (Å²) in [5.41, 5.74) is 1.46. The fourth-order valence-corrected chi connectivity index (χ4v) is 3.74. The van der Waals surface area contributed by atoms with E-state index in [0.717, 1.165) is 47.9 Å². The molecule has 30 heavy (non-hydrogen) atoms. The number of fused-ring (bicyclic) bond motifs is 1. The van der Waals surface area contributed by atoms with Crippen LogP contribution in [0.25, 0.3) is 33.0 Å². The van der Waals surface area contributed by atoms with E-state index < -0.39 is 33.9 Å². The molecule has 0 amide bonds. The standard InChI is InChI=1S/C25H17ClF4/c1-2-3-14-4-5-16-9-17(7-6-15(16)8-14)18-10-20(27)24(21(28)11-18)19-12-22(29)25(26)23(30)13-19/h4-13H,2-3H2,1H3. The normalized spacial score (nSPS) is 11.3. The molecule has 0 nitrogen and oxygen atoms in total. The molecule has 0 saturated carbocycles. The zero-order valence-corrected chi connectivity index (χ0v) is 16.8. The number of rotatable bonds is 4. The summed E-state index contributed by atoms with van der Waals surface area (Å²) in [6.45, 7) is 2.12. The molecule has 0 N–H and O–H groups in total. The van der Waals surface area contributed by atoms with Crippen LogP contribution in [0.1, 0.15) is 18.9 Å². The van der Waals surface area contributed by atoms with Crippen LogP contribution in [0.2, 0.25) is 5.02 Å². The van der Waals surface area contributed by atoms with Crippen molar-refractivity contribution < 1.29 is 17.6 Å². The lowest BCUT2D eigenvalue weighted by Crippen LogP contribution is -1.95. The molecule has 0 unspecified atom stereocenters. The number of hydrogen-bond acceptors (Lipinski definition) is 0. The summed E-state index contributed by atoms with van der Waals surface area (Å²) in [5, 5.41) is 1.29. The minimum atomic E-state index is -1.08. The maximum Gasteiger partial charge on any atom is 0.145 e. The number of hydrogen-bond donors (Lipinski definition) is 0. The van der Waals surface area contributed by atoms with Crippen molar-refractivity contribution in [3.8, 4) is 22.3 Å². The summed E-state index contributed by atoms with van der Waals surface area (Å²) < 4.78 is 57.0. The third-order valence-corrected chi connectivity index (χ3v) is 5.45. The highest BCUT2D eigenvalue weighted by Gasteiger charge is 2.18. The first-order valence-corrected chi connectivity index (χ1v) is 9.92. The Bertz CT molecular complexity index is 1220. The van der Waals surface area contributed by atoms with Crippen LogP contribution in [0.5, 0.6) is 0 Å². The molecule has 0 spiro atoms. The average Bonchev–Trinajstić information content (AvgIpc) is 2.71. The van der Waals surface area contributed by atoms with E-state index in [0.29, 0.717) is 11.1 Å². The summed E-state index contributed by atoms with van der Waals surface area (Å²) in [7, 11) is 0. The van der Waals surface area contributed by atoms with E-state index >= 15 is 0 Å². The molecule has 4 aromatic rings. The van der Waals surface area contributed by atoms with E-state index in [-0.39, 0.29) is 5.56 Å². The van der Waals surface area contributed by atoms with Gasteiger partial charge >= 0.3 is 0 Å². The van der Waals surface area contributed by atoms with E-state index in [1.807, 2.05) is 24.3 Å². The molecule has 4 aromatic carbocycles. The molecule has 4 rings (SSSR count). The molecule has 0 aliphatic carbocycles. The first-order valence-electron chi connectivity index (χ1n) is 9.54. The lowest BCUT2D eigenvalue weighted by molar-refractivity contribution is 0.579. The summed E-state index contributed by atoms with van der Waals surface area (Å²) >= 11 is 5.46. The molecular formula is C25H17ClF4. The Balaban J connectivity index is 1.77. The molecular weight excluding hydrogens is 412 g/mol. The molecule has 152 valence electrons. The van der Waals surface area contributed by atoms with E-state index in [2.05, 4.69) is 13.0 Å². The zero-order valence-electron chi connectivity index (χ0n) is 16.1. The molecule has 0 saturated heterocycles. The Kier molecular flexibility index (Phi) is 5.52. The van der Waals surface area contributed by atoms with Gasteiger partial charge in [-0.1, -0.05) is 55.3 Å². The summed E-state index contributed by atoms with van der Waals surface area (Å²) in [6, 6.07) is 15.7.